The molecule has 11 heteroatoms. The van der Waals surface area contributed by atoms with E-state index in [1.54, 1.807) is 12.0 Å². The highest BCUT2D eigenvalue weighted by Gasteiger charge is 2.36. The first-order valence-electron chi connectivity index (χ1n) is 9.22. The van der Waals surface area contributed by atoms with Gasteiger partial charge in [0.05, 0.1) is 23.4 Å². The van der Waals surface area contributed by atoms with Crippen molar-refractivity contribution in [3.63, 3.8) is 0 Å². The SMILES string of the molecule is COC1CCN(c2ccc(NC(=O)c3cnn(C)c3C(F)F)cc2C(F)(F)F)CC1. The lowest BCUT2D eigenvalue weighted by atomic mass is 10.0. The highest BCUT2D eigenvalue weighted by Crippen LogP contribution is 2.39. The Kier molecular flexibility index (Phi) is 6.30. The first-order valence-corrected chi connectivity index (χ1v) is 9.22. The first kappa shape index (κ1) is 22.0. The van der Waals surface area contributed by atoms with Gasteiger partial charge in [0.1, 0.15) is 5.69 Å². The van der Waals surface area contributed by atoms with Crippen LogP contribution in [0.15, 0.2) is 24.4 Å². The second kappa shape index (κ2) is 8.58. The van der Waals surface area contributed by atoms with Crippen LogP contribution in [-0.4, -0.2) is 42.0 Å². The van der Waals surface area contributed by atoms with E-state index in [0.717, 1.165) is 16.9 Å². The van der Waals surface area contributed by atoms with Crippen molar-refractivity contribution in [2.75, 3.05) is 30.4 Å². The molecule has 1 aromatic carbocycles. The van der Waals surface area contributed by atoms with Crippen LogP contribution >= 0.6 is 0 Å². The summed E-state index contributed by atoms with van der Waals surface area (Å²) in [5.74, 6) is -0.958. The van der Waals surface area contributed by atoms with Gasteiger partial charge in [0.2, 0.25) is 0 Å². The number of rotatable bonds is 5. The van der Waals surface area contributed by atoms with Crippen LogP contribution in [0.1, 0.15) is 40.9 Å². The number of nitrogens with zero attached hydrogens (tertiary/aromatic N) is 3. The zero-order chi connectivity index (χ0) is 22.1. The standard InChI is InChI=1S/C19H21F5N4O2/c1-27-16(17(20)21)13(10-25-27)18(29)26-11-3-4-15(14(9-11)19(22,23)24)28-7-5-12(30-2)6-8-28/h3-4,9-10,12,17H,5-8H2,1-2H3,(H,26,29). The number of piperidine rings is 1. The molecule has 0 spiro atoms. The Morgan fingerprint density at radius 1 is 1.27 bits per heavy atom. The van der Waals surface area contributed by atoms with Crippen molar-refractivity contribution in [3.05, 3.63) is 41.2 Å². The van der Waals surface area contributed by atoms with Crippen molar-refractivity contribution in [2.45, 2.75) is 31.5 Å². The minimum atomic E-state index is -4.66. The smallest absolute Gasteiger partial charge is 0.381 e. The summed E-state index contributed by atoms with van der Waals surface area (Å²) in [4.78, 5) is 14.0. The summed E-state index contributed by atoms with van der Waals surface area (Å²) in [7, 11) is 2.82. The third-order valence-electron chi connectivity index (χ3n) is 5.11. The molecule has 0 saturated carbocycles. The Morgan fingerprint density at radius 2 is 1.93 bits per heavy atom. The maximum Gasteiger partial charge on any atom is 0.418 e. The van der Waals surface area contributed by atoms with E-state index >= 15 is 0 Å². The molecule has 1 fully saturated rings. The average molecular weight is 432 g/mol. The molecular formula is C19H21F5N4O2. The van der Waals surface area contributed by atoms with Crippen molar-refractivity contribution in [1.29, 1.82) is 0 Å². The fourth-order valence-electron chi connectivity index (χ4n) is 3.53. The average Bonchev–Trinajstić information content (AvgIpc) is 3.09. The van der Waals surface area contributed by atoms with E-state index in [1.807, 2.05) is 0 Å². The summed E-state index contributed by atoms with van der Waals surface area (Å²) >= 11 is 0. The van der Waals surface area contributed by atoms with Crippen LogP contribution in [0.4, 0.5) is 33.3 Å². The van der Waals surface area contributed by atoms with Gasteiger partial charge >= 0.3 is 6.18 Å². The number of halogens is 5. The predicted octanol–water partition coefficient (Wildman–Crippen LogP) is 4.24. The molecule has 30 heavy (non-hydrogen) atoms. The number of aryl methyl sites for hydroxylation is 1. The first-order chi connectivity index (χ1) is 14.1. The lowest BCUT2D eigenvalue weighted by Crippen LogP contribution is -2.37. The summed E-state index contributed by atoms with van der Waals surface area (Å²) in [6.07, 6.45) is -5.45. The molecule has 1 aliphatic heterocycles. The molecule has 6 nitrogen and oxygen atoms in total. The molecule has 1 aliphatic rings. The zero-order valence-corrected chi connectivity index (χ0v) is 16.3. The molecule has 0 unspecified atom stereocenters. The Bertz CT molecular complexity index is 905. The molecule has 2 aromatic rings. The number of anilines is 2. The van der Waals surface area contributed by atoms with Crippen LogP contribution in [-0.2, 0) is 18.0 Å². The Balaban J connectivity index is 1.86. The fourth-order valence-corrected chi connectivity index (χ4v) is 3.53. The molecule has 1 amide bonds. The van der Waals surface area contributed by atoms with Crippen LogP contribution < -0.4 is 10.2 Å². The fraction of sp³-hybridized carbons (Fsp3) is 0.474. The lowest BCUT2D eigenvalue weighted by molar-refractivity contribution is -0.137. The van der Waals surface area contributed by atoms with E-state index in [9.17, 15) is 26.7 Å². The number of hydrogen-bond acceptors (Lipinski definition) is 4. The molecule has 2 heterocycles. The van der Waals surface area contributed by atoms with Gasteiger partial charge in [0.15, 0.2) is 0 Å². The number of aromatic nitrogens is 2. The maximum absolute atomic E-state index is 13.7. The van der Waals surface area contributed by atoms with E-state index in [-0.39, 0.29) is 17.5 Å². The van der Waals surface area contributed by atoms with E-state index in [0.29, 0.717) is 25.9 Å². The maximum atomic E-state index is 13.7. The molecule has 1 aromatic heterocycles. The van der Waals surface area contributed by atoms with Gasteiger partial charge in [0.25, 0.3) is 12.3 Å². The minimum absolute atomic E-state index is 0.00435. The predicted molar refractivity (Wildman–Crippen MR) is 99.8 cm³/mol. The van der Waals surface area contributed by atoms with Crippen LogP contribution in [0.2, 0.25) is 0 Å². The quantitative estimate of drug-likeness (QED) is 0.718. The summed E-state index contributed by atoms with van der Waals surface area (Å²) in [6, 6.07) is 3.42. The highest BCUT2D eigenvalue weighted by molar-refractivity contribution is 6.05. The van der Waals surface area contributed by atoms with E-state index in [2.05, 4.69) is 10.4 Å². The second-order valence-electron chi connectivity index (χ2n) is 6.97. The number of carbonyl (C=O) groups excluding carboxylic acids is 1. The summed E-state index contributed by atoms with van der Waals surface area (Å²) < 4.78 is 73.5. The summed E-state index contributed by atoms with van der Waals surface area (Å²) in [6.45, 7) is 0.807. The lowest BCUT2D eigenvalue weighted by Gasteiger charge is -2.34. The molecule has 0 atom stereocenters. The van der Waals surface area contributed by atoms with Gasteiger partial charge < -0.3 is 15.0 Å². The second-order valence-corrected chi connectivity index (χ2v) is 6.97. The Hall–Kier alpha value is -2.69. The van der Waals surface area contributed by atoms with Crippen LogP contribution in [0.3, 0.4) is 0 Å². The summed E-state index contributed by atoms with van der Waals surface area (Å²) in [5, 5.41) is 5.89. The third-order valence-corrected chi connectivity index (χ3v) is 5.11. The number of benzene rings is 1. The van der Waals surface area contributed by atoms with Crippen LogP contribution in [0, 0.1) is 0 Å². The van der Waals surface area contributed by atoms with Crippen LogP contribution in [0.25, 0.3) is 0 Å². The van der Waals surface area contributed by atoms with Gasteiger partial charge in [-0.2, -0.15) is 18.3 Å². The van der Waals surface area contributed by atoms with E-state index < -0.39 is 35.3 Å². The minimum Gasteiger partial charge on any atom is -0.381 e. The molecule has 0 aliphatic carbocycles. The monoisotopic (exact) mass is 432 g/mol. The van der Waals surface area contributed by atoms with Gasteiger partial charge in [-0.3, -0.25) is 9.48 Å². The van der Waals surface area contributed by atoms with Crippen LogP contribution in [0.5, 0.6) is 0 Å². The van der Waals surface area contributed by atoms with Gasteiger partial charge in [-0.1, -0.05) is 0 Å². The molecule has 0 radical (unpaired) electrons. The normalized spacial score (nSPS) is 15.7. The third kappa shape index (κ3) is 4.55. The van der Waals surface area contributed by atoms with Crippen molar-refractivity contribution >= 4 is 17.3 Å². The van der Waals surface area contributed by atoms with Crippen molar-refractivity contribution in [3.8, 4) is 0 Å². The summed E-state index contributed by atoms with van der Waals surface area (Å²) in [5.41, 5.74) is -2.05. The van der Waals surface area contributed by atoms with Crippen molar-refractivity contribution < 1.29 is 31.5 Å². The number of carbonyl (C=O) groups is 1. The molecule has 164 valence electrons. The number of amides is 1. The molecule has 1 saturated heterocycles. The molecule has 0 bridgehead atoms. The molecule has 1 N–H and O–H groups in total. The number of alkyl halides is 5. The van der Waals surface area contributed by atoms with E-state index in [1.165, 1.54) is 19.2 Å². The zero-order valence-electron chi connectivity index (χ0n) is 16.3. The highest BCUT2D eigenvalue weighted by atomic mass is 19.4. The van der Waals surface area contributed by atoms with Gasteiger partial charge in [-0.05, 0) is 31.0 Å². The number of ether oxygens (including phenoxy) is 1. The number of methoxy groups -OCH3 is 1. The molecular weight excluding hydrogens is 411 g/mol. The Morgan fingerprint density at radius 3 is 2.50 bits per heavy atom. The largest absolute Gasteiger partial charge is 0.418 e. The van der Waals surface area contributed by atoms with Gasteiger partial charge in [-0.15, -0.1) is 0 Å². The van der Waals surface area contributed by atoms with Crippen molar-refractivity contribution in [2.24, 2.45) is 7.05 Å². The van der Waals surface area contributed by atoms with Gasteiger partial charge in [-0.25, -0.2) is 8.78 Å². The van der Waals surface area contributed by atoms with E-state index in [4.69, 9.17) is 4.74 Å². The number of hydrogen-bond donors (Lipinski definition) is 1. The van der Waals surface area contributed by atoms with Crippen molar-refractivity contribution in [1.82, 2.24) is 9.78 Å². The Labute approximate surface area is 169 Å². The van der Waals surface area contributed by atoms with Gasteiger partial charge in [0, 0.05) is 38.6 Å². The molecule has 3 rings (SSSR count). The number of nitrogens with one attached hydrogen (secondary N) is 1. The topological polar surface area (TPSA) is 59.4 Å².